The Hall–Kier alpha value is -0.410. The van der Waals surface area contributed by atoms with Gasteiger partial charge in [0.25, 0.3) is 0 Å². The first-order valence-electron chi connectivity index (χ1n) is 4.92. The van der Waals surface area contributed by atoms with Gasteiger partial charge in [-0.15, -0.1) is 0 Å². The van der Waals surface area contributed by atoms with Crippen LogP contribution in [0.1, 0.15) is 18.4 Å². The van der Waals surface area contributed by atoms with Crippen LogP contribution in [0.25, 0.3) is 0 Å². The van der Waals surface area contributed by atoms with Crippen LogP contribution in [-0.2, 0) is 6.54 Å². The molecule has 0 amide bonds. The van der Waals surface area contributed by atoms with Crippen LogP contribution in [0.3, 0.4) is 0 Å². The Bertz CT molecular complexity index is 301. The molecule has 14 heavy (non-hydrogen) atoms. The van der Waals surface area contributed by atoms with E-state index in [1.165, 1.54) is 18.9 Å². The summed E-state index contributed by atoms with van der Waals surface area (Å²) in [6.07, 6.45) is 2.48. The van der Waals surface area contributed by atoms with E-state index in [-0.39, 0.29) is 5.82 Å². The molecule has 0 atom stereocenters. The second-order valence-corrected chi connectivity index (χ2v) is 4.54. The smallest absolute Gasteiger partial charge is 0.128 e. The molecule has 1 aliphatic heterocycles. The Labute approximate surface area is 92.0 Å². The molecule has 0 unspecified atom stereocenters. The Kier molecular flexibility index (Phi) is 3.19. The molecule has 1 fully saturated rings. The number of nitrogens with zero attached hydrogens (tertiary/aromatic N) is 1. The summed E-state index contributed by atoms with van der Waals surface area (Å²) in [4.78, 5) is 2.29. The van der Waals surface area contributed by atoms with Crippen molar-refractivity contribution >= 4 is 15.9 Å². The first-order valence-corrected chi connectivity index (χ1v) is 5.72. The molecule has 1 aromatic rings. The van der Waals surface area contributed by atoms with Crippen LogP contribution in [0.5, 0.6) is 0 Å². The Morgan fingerprint density at radius 3 is 2.64 bits per heavy atom. The molecule has 1 aromatic carbocycles. The number of benzene rings is 1. The Balaban J connectivity index is 2.14. The van der Waals surface area contributed by atoms with Gasteiger partial charge in [0.05, 0.1) is 0 Å². The van der Waals surface area contributed by atoms with Crippen LogP contribution in [0, 0.1) is 5.82 Å². The van der Waals surface area contributed by atoms with Gasteiger partial charge < -0.3 is 0 Å². The van der Waals surface area contributed by atoms with E-state index in [4.69, 9.17) is 0 Å². The molecule has 2 rings (SSSR count). The lowest BCUT2D eigenvalue weighted by molar-refractivity contribution is 0.324. The van der Waals surface area contributed by atoms with Gasteiger partial charge >= 0.3 is 0 Å². The second kappa shape index (κ2) is 4.41. The van der Waals surface area contributed by atoms with Gasteiger partial charge in [-0.25, -0.2) is 4.39 Å². The molecule has 0 saturated carbocycles. The van der Waals surface area contributed by atoms with Crippen molar-refractivity contribution in [1.82, 2.24) is 4.90 Å². The molecule has 0 aromatic heterocycles. The van der Waals surface area contributed by atoms with Crippen molar-refractivity contribution in [2.24, 2.45) is 0 Å². The van der Waals surface area contributed by atoms with Gasteiger partial charge in [-0.1, -0.05) is 22.0 Å². The van der Waals surface area contributed by atoms with Crippen molar-refractivity contribution in [3.8, 4) is 0 Å². The maximum Gasteiger partial charge on any atom is 0.128 e. The van der Waals surface area contributed by atoms with E-state index in [1.54, 1.807) is 6.07 Å². The molecule has 0 bridgehead atoms. The SMILES string of the molecule is Fc1cccc(Br)c1CN1CCCC1. The molecular formula is C11H13BrFN. The molecule has 1 aliphatic rings. The van der Waals surface area contributed by atoms with Crippen molar-refractivity contribution in [2.45, 2.75) is 19.4 Å². The highest BCUT2D eigenvalue weighted by molar-refractivity contribution is 9.10. The molecular weight excluding hydrogens is 245 g/mol. The summed E-state index contributed by atoms with van der Waals surface area (Å²) in [5, 5.41) is 0. The van der Waals surface area contributed by atoms with Gasteiger partial charge in [0.2, 0.25) is 0 Å². The highest BCUT2D eigenvalue weighted by atomic mass is 79.9. The van der Waals surface area contributed by atoms with Crippen LogP contribution in [0.15, 0.2) is 22.7 Å². The standard InChI is InChI=1S/C11H13BrFN/c12-10-4-3-5-11(13)9(10)8-14-6-1-2-7-14/h3-5H,1-2,6-8H2. The summed E-state index contributed by atoms with van der Waals surface area (Å²) in [5.74, 6) is -0.105. The fourth-order valence-electron chi connectivity index (χ4n) is 1.85. The maximum absolute atomic E-state index is 13.4. The van der Waals surface area contributed by atoms with Gasteiger partial charge in [0, 0.05) is 16.6 Å². The average Bonchev–Trinajstić information content (AvgIpc) is 2.64. The number of likely N-dealkylation sites (tertiary alicyclic amines) is 1. The summed E-state index contributed by atoms with van der Waals surface area (Å²) in [6, 6.07) is 5.15. The lowest BCUT2D eigenvalue weighted by atomic mass is 10.2. The number of rotatable bonds is 2. The summed E-state index contributed by atoms with van der Waals surface area (Å²) in [6.45, 7) is 2.93. The quantitative estimate of drug-likeness (QED) is 0.787. The van der Waals surface area contributed by atoms with Crippen LogP contribution >= 0.6 is 15.9 Å². The van der Waals surface area contributed by atoms with E-state index in [0.717, 1.165) is 29.7 Å². The molecule has 0 radical (unpaired) electrons. The van der Waals surface area contributed by atoms with E-state index in [9.17, 15) is 4.39 Å². The average molecular weight is 258 g/mol. The van der Waals surface area contributed by atoms with E-state index in [2.05, 4.69) is 20.8 Å². The molecule has 0 spiro atoms. The topological polar surface area (TPSA) is 3.24 Å². The first kappa shape index (κ1) is 10.1. The van der Waals surface area contributed by atoms with Crippen LogP contribution in [0.2, 0.25) is 0 Å². The summed E-state index contributed by atoms with van der Waals surface area (Å²) in [7, 11) is 0. The summed E-state index contributed by atoms with van der Waals surface area (Å²) in [5.41, 5.74) is 0.786. The van der Waals surface area contributed by atoms with Gasteiger partial charge in [0.15, 0.2) is 0 Å². The van der Waals surface area contributed by atoms with Gasteiger partial charge in [0.1, 0.15) is 5.82 Å². The molecule has 3 heteroatoms. The summed E-state index contributed by atoms with van der Waals surface area (Å²) < 4.78 is 14.3. The van der Waals surface area contributed by atoms with Crippen molar-refractivity contribution in [1.29, 1.82) is 0 Å². The monoisotopic (exact) mass is 257 g/mol. The summed E-state index contributed by atoms with van der Waals surface area (Å²) >= 11 is 3.39. The molecule has 1 saturated heterocycles. The van der Waals surface area contributed by atoms with Crippen LogP contribution < -0.4 is 0 Å². The molecule has 1 heterocycles. The zero-order valence-electron chi connectivity index (χ0n) is 7.97. The Morgan fingerprint density at radius 2 is 2.00 bits per heavy atom. The van der Waals surface area contributed by atoms with E-state index >= 15 is 0 Å². The van der Waals surface area contributed by atoms with Gasteiger partial charge in [-0.05, 0) is 38.1 Å². The highest BCUT2D eigenvalue weighted by Crippen LogP contribution is 2.22. The van der Waals surface area contributed by atoms with E-state index < -0.39 is 0 Å². The lowest BCUT2D eigenvalue weighted by Crippen LogP contribution is -2.19. The fourth-order valence-corrected chi connectivity index (χ4v) is 2.32. The minimum absolute atomic E-state index is 0.105. The highest BCUT2D eigenvalue weighted by Gasteiger charge is 2.15. The van der Waals surface area contributed by atoms with Crippen LogP contribution in [0.4, 0.5) is 4.39 Å². The minimum Gasteiger partial charge on any atom is -0.299 e. The zero-order chi connectivity index (χ0) is 9.97. The maximum atomic E-state index is 13.4. The molecule has 1 nitrogen and oxygen atoms in total. The van der Waals surface area contributed by atoms with Crippen molar-refractivity contribution < 1.29 is 4.39 Å². The number of hydrogen-bond donors (Lipinski definition) is 0. The first-order chi connectivity index (χ1) is 6.77. The second-order valence-electron chi connectivity index (χ2n) is 3.68. The largest absolute Gasteiger partial charge is 0.299 e. The van der Waals surface area contributed by atoms with Gasteiger partial charge in [-0.3, -0.25) is 4.90 Å². The van der Waals surface area contributed by atoms with Crippen molar-refractivity contribution in [3.05, 3.63) is 34.1 Å². The van der Waals surface area contributed by atoms with E-state index in [1.807, 2.05) is 6.07 Å². The third-order valence-corrected chi connectivity index (χ3v) is 3.39. The third-order valence-electron chi connectivity index (χ3n) is 2.64. The number of hydrogen-bond acceptors (Lipinski definition) is 1. The lowest BCUT2D eigenvalue weighted by Gasteiger charge is -2.15. The molecule has 0 aliphatic carbocycles. The zero-order valence-corrected chi connectivity index (χ0v) is 9.56. The van der Waals surface area contributed by atoms with Crippen LogP contribution in [-0.4, -0.2) is 18.0 Å². The Morgan fingerprint density at radius 1 is 1.29 bits per heavy atom. The van der Waals surface area contributed by atoms with E-state index in [0.29, 0.717) is 0 Å². The molecule has 76 valence electrons. The van der Waals surface area contributed by atoms with Crippen molar-refractivity contribution in [2.75, 3.05) is 13.1 Å². The fraction of sp³-hybridized carbons (Fsp3) is 0.455. The normalized spacial score (nSPS) is 17.6. The predicted molar refractivity (Wildman–Crippen MR) is 58.6 cm³/mol. The molecule has 0 N–H and O–H groups in total. The third kappa shape index (κ3) is 2.15. The minimum atomic E-state index is -0.105. The van der Waals surface area contributed by atoms with Crippen molar-refractivity contribution in [3.63, 3.8) is 0 Å². The predicted octanol–water partition coefficient (Wildman–Crippen LogP) is 3.18. The number of halogens is 2. The van der Waals surface area contributed by atoms with Gasteiger partial charge in [-0.2, -0.15) is 0 Å².